The van der Waals surface area contributed by atoms with Gasteiger partial charge in [-0.25, -0.2) is 0 Å². The van der Waals surface area contributed by atoms with E-state index in [2.05, 4.69) is 22.4 Å². The fraction of sp³-hybridized carbons (Fsp3) is 0.316. The van der Waals surface area contributed by atoms with E-state index in [-0.39, 0.29) is 24.0 Å². The second kappa shape index (κ2) is 12.7. The van der Waals surface area contributed by atoms with Crippen molar-refractivity contribution in [3.8, 4) is 11.5 Å². The van der Waals surface area contributed by atoms with Crippen LogP contribution in [-0.2, 0) is 6.42 Å². The lowest BCUT2D eigenvalue weighted by Gasteiger charge is -2.09. The van der Waals surface area contributed by atoms with Crippen LogP contribution in [-0.4, -0.2) is 39.0 Å². The normalized spacial score (nSPS) is 10.8. The van der Waals surface area contributed by atoms with Gasteiger partial charge in [-0.15, -0.1) is 35.7 Å². The van der Waals surface area contributed by atoms with E-state index in [9.17, 15) is 0 Å². The predicted octanol–water partition coefficient (Wildman–Crippen LogP) is 3.56. The lowest BCUT2D eigenvalue weighted by Crippen LogP contribution is -2.33. The van der Waals surface area contributed by atoms with Crippen molar-refractivity contribution < 1.29 is 9.47 Å². The Labute approximate surface area is 176 Å². The van der Waals surface area contributed by atoms with Gasteiger partial charge in [0.25, 0.3) is 0 Å². The quantitative estimate of drug-likeness (QED) is 0.186. The van der Waals surface area contributed by atoms with Gasteiger partial charge < -0.3 is 20.5 Å². The summed E-state index contributed by atoms with van der Waals surface area (Å²) in [4.78, 5) is 5.62. The van der Waals surface area contributed by atoms with Crippen molar-refractivity contribution in [1.82, 2.24) is 5.32 Å². The molecule has 142 valence electrons. The Bertz CT molecular complexity index is 684. The molecule has 7 heteroatoms. The molecule has 0 saturated heterocycles. The van der Waals surface area contributed by atoms with Crippen molar-refractivity contribution in [1.29, 1.82) is 0 Å². The summed E-state index contributed by atoms with van der Waals surface area (Å²) in [7, 11) is 3.26. The number of hydrogen-bond acceptors (Lipinski definition) is 4. The molecule has 0 aromatic heterocycles. The first-order chi connectivity index (χ1) is 12.2. The molecule has 0 radical (unpaired) electrons. The highest BCUT2D eigenvalue weighted by Gasteiger charge is 2.04. The number of thioether (sulfide) groups is 1. The molecular formula is C19H26IN3O2S. The van der Waals surface area contributed by atoms with E-state index in [0.717, 1.165) is 35.8 Å². The highest BCUT2D eigenvalue weighted by molar-refractivity contribution is 14.0. The summed E-state index contributed by atoms with van der Waals surface area (Å²) in [6.45, 7) is 1.41. The van der Waals surface area contributed by atoms with Crippen LogP contribution in [0.5, 0.6) is 11.5 Å². The molecular weight excluding hydrogens is 461 g/mol. The number of benzene rings is 2. The molecule has 0 heterocycles. The molecule has 0 aliphatic carbocycles. The Morgan fingerprint density at radius 3 is 2.50 bits per heavy atom. The van der Waals surface area contributed by atoms with E-state index in [1.54, 1.807) is 26.0 Å². The monoisotopic (exact) mass is 487 g/mol. The predicted molar refractivity (Wildman–Crippen MR) is 120 cm³/mol. The second-order valence-corrected chi connectivity index (χ2v) is 6.46. The number of ether oxygens (including phenoxy) is 2. The number of rotatable bonds is 9. The van der Waals surface area contributed by atoms with Crippen molar-refractivity contribution in [2.75, 3.05) is 33.1 Å². The Kier molecular flexibility index (Phi) is 11.0. The van der Waals surface area contributed by atoms with E-state index in [1.165, 1.54) is 4.90 Å². The fourth-order valence-electron chi connectivity index (χ4n) is 2.26. The summed E-state index contributed by atoms with van der Waals surface area (Å²) < 4.78 is 10.5. The average molecular weight is 487 g/mol. The third-order valence-corrected chi connectivity index (χ3v) is 4.56. The summed E-state index contributed by atoms with van der Waals surface area (Å²) in [5, 5.41) is 3.14. The molecule has 0 saturated carbocycles. The minimum atomic E-state index is 0. The van der Waals surface area contributed by atoms with Gasteiger partial charge in [0, 0.05) is 23.7 Å². The maximum atomic E-state index is 5.90. The highest BCUT2D eigenvalue weighted by Crippen LogP contribution is 2.27. The molecule has 26 heavy (non-hydrogen) atoms. The first-order valence-corrected chi connectivity index (χ1v) is 9.14. The third-order valence-electron chi connectivity index (χ3n) is 3.55. The maximum absolute atomic E-state index is 5.90. The molecule has 0 fully saturated rings. The standard InChI is InChI=1S/C19H25N3O2S.HI/c1-23-17-9-8-15(14-18(17)24-2)10-11-21-19(20)22-12-13-25-16-6-4-3-5-7-16;/h3-9,14H,10-13H2,1-2H3,(H3,20,21,22);1H. The lowest BCUT2D eigenvalue weighted by atomic mass is 10.1. The van der Waals surface area contributed by atoms with Crippen molar-refractivity contribution >= 4 is 41.7 Å². The van der Waals surface area contributed by atoms with Crippen molar-refractivity contribution in [3.05, 3.63) is 54.1 Å². The van der Waals surface area contributed by atoms with Gasteiger partial charge in [0.05, 0.1) is 14.2 Å². The van der Waals surface area contributed by atoms with Gasteiger partial charge in [-0.3, -0.25) is 4.99 Å². The summed E-state index contributed by atoms with van der Waals surface area (Å²) in [5.41, 5.74) is 7.04. The summed E-state index contributed by atoms with van der Waals surface area (Å²) >= 11 is 1.79. The van der Waals surface area contributed by atoms with Crippen LogP contribution in [0.15, 0.2) is 58.4 Å². The zero-order valence-corrected chi connectivity index (χ0v) is 18.3. The molecule has 0 aliphatic rings. The topological polar surface area (TPSA) is 68.9 Å². The van der Waals surface area contributed by atoms with Crippen molar-refractivity contribution in [2.24, 2.45) is 10.7 Å². The molecule has 5 nitrogen and oxygen atoms in total. The zero-order valence-electron chi connectivity index (χ0n) is 15.1. The van der Waals surface area contributed by atoms with Crippen LogP contribution in [0.2, 0.25) is 0 Å². The molecule has 0 amide bonds. The van der Waals surface area contributed by atoms with Gasteiger partial charge in [0.2, 0.25) is 0 Å². The lowest BCUT2D eigenvalue weighted by molar-refractivity contribution is 0.354. The highest BCUT2D eigenvalue weighted by atomic mass is 127. The van der Waals surface area contributed by atoms with E-state index < -0.39 is 0 Å². The van der Waals surface area contributed by atoms with E-state index in [4.69, 9.17) is 15.2 Å². The molecule has 0 bridgehead atoms. The number of methoxy groups -OCH3 is 2. The molecule has 0 spiro atoms. The molecule has 2 aromatic rings. The number of guanidine groups is 1. The second-order valence-electron chi connectivity index (χ2n) is 5.29. The average Bonchev–Trinajstić information content (AvgIpc) is 2.66. The molecule has 0 unspecified atom stereocenters. The van der Waals surface area contributed by atoms with Crippen LogP contribution < -0.4 is 20.5 Å². The molecule has 3 N–H and O–H groups in total. The molecule has 2 rings (SSSR count). The number of aliphatic imine (C=N–C) groups is 1. The molecule has 0 atom stereocenters. The van der Waals surface area contributed by atoms with Crippen LogP contribution in [0.1, 0.15) is 5.56 Å². The van der Waals surface area contributed by atoms with Crippen LogP contribution in [0.4, 0.5) is 0 Å². The summed E-state index contributed by atoms with van der Waals surface area (Å²) in [6, 6.07) is 16.2. The van der Waals surface area contributed by atoms with Gasteiger partial charge >= 0.3 is 0 Å². The van der Waals surface area contributed by atoms with Gasteiger partial charge in [0.1, 0.15) is 0 Å². The third kappa shape index (κ3) is 7.74. The SMILES string of the molecule is COc1ccc(CCN=C(N)NCCSc2ccccc2)cc1OC.I. The number of nitrogens with one attached hydrogen (secondary N) is 1. The largest absolute Gasteiger partial charge is 0.493 e. The van der Waals surface area contributed by atoms with Gasteiger partial charge in [-0.2, -0.15) is 0 Å². The minimum absolute atomic E-state index is 0. The van der Waals surface area contributed by atoms with Crippen LogP contribution in [0.3, 0.4) is 0 Å². The van der Waals surface area contributed by atoms with Gasteiger partial charge in [-0.05, 0) is 36.2 Å². The number of nitrogens with zero attached hydrogens (tertiary/aromatic N) is 1. The number of hydrogen-bond donors (Lipinski definition) is 2. The molecule has 2 aromatic carbocycles. The van der Waals surface area contributed by atoms with Crippen LogP contribution >= 0.6 is 35.7 Å². The van der Waals surface area contributed by atoms with E-state index in [0.29, 0.717) is 12.5 Å². The fourth-order valence-corrected chi connectivity index (χ4v) is 3.05. The minimum Gasteiger partial charge on any atom is -0.493 e. The van der Waals surface area contributed by atoms with Crippen molar-refractivity contribution in [2.45, 2.75) is 11.3 Å². The van der Waals surface area contributed by atoms with Crippen LogP contribution in [0.25, 0.3) is 0 Å². The van der Waals surface area contributed by atoms with Crippen molar-refractivity contribution in [3.63, 3.8) is 0 Å². The van der Waals surface area contributed by atoms with E-state index >= 15 is 0 Å². The van der Waals surface area contributed by atoms with Crippen LogP contribution in [0, 0.1) is 0 Å². The summed E-state index contributed by atoms with van der Waals surface area (Å²) in [5.74, 6) is 2.88. The molecule has 0 aliphatic heterocycles. The Hall–Kier alpha value is -1.61. The number of nitrogens with two attached hydrogens (primary N) is 1. The van der Waals surface area contributed by atoms with E-state index in [1.807, 2.05) is 36.4 Å². The smallest absolute Gasteiger partial charge is 0.188 e. The maximum Gasteiger partial charge on any atom is 0.188 e. The Morgan fingerprint density at radius 2 is 1.81 bits per heavy atom. The first kappa shape index (κ1) is 22.4. The zero-order chi connectivity index (χ0) is 17.9. The Balaban J connectivity index is 0.00000338. The van der Waals surface area contributed by atoms with Gasteiger partial charge in [0.15, 0.2) is 17.5 Å². The van der Waals surface area contributed by atoms with Gasteiger partial charge in [-0.1, -0.05) is 24.3 Å². The Morgan fingerprint density at radius 1 is 1.08 bits per heavy atom. The first-order valence-electron chi connectivity index (χ1n) is 8.15. The summed E-state index contributed by atoms with van der Waals surface area (Å²) in [6.07, 6.45) is 0.793. The number of halogens is 1.